The molecule has 0 N–H and O–H groups in total. The standard InChI is InChI=1S/C31H22Br2N2/c32-30-23-11-3-1-7-20(23)15-17-27(30)34-19-35(26-14-6-10-22-9-5-13-25(34)29(22)26)28-18-16-21-8-2-4-12-24(21)31(28)33/h1,3,5-18H,2,4,19H2. The van der Waals surface area contributed by atoms with Crippen LogP contribution in [-0.4, -0.2) is 6.67 Å². The molecule has 0 amide bonds. The van der Waals surface area contributed by atoms with Gasteiger partial charge in [-0.3, -0.25) is 0 Å². The molecule has 0 unspecified atom stereocenters. The Hall–Kier alpha value is -3.08. The quantitative estimate of drug-likeness (QED) is 0.208. The molecule has 0 saturated carbocycles. The molecule has 1 aliphatic carbocycles. The van der Waals surface area contributed by atoms with Crippen molar-refractivity contribution in [1.82, 2.24) is 0 Å². The first kappa shape index (κ1) is 21.2. The van der Waals surface area contributed by atoms with Crippen LogP contribution in [0.15, 0.2) is 93.9 Å². The van der Waals surface area contributed by atoms with E-state index in [0.717, 1.165) is 17.3 Å². The molecule has 1 aliphatic heterocycles. The van der Waals surface area contributed by atoms with Crippen molar-refractivity contribution in [2.45, 2.75) is 12.8 Å². The molecule has 5 aromatic carbocycles. The molecular weight excluding hydrogens is 560 g/mol. The zero-order valence-electron chi connectivity index (χ0n) is 19.0. The maximum Gasteiger partial charge on any atom is 0.100 e. The lowest BCUT2D eigenvalue weighted by Gasteiger charge is -2.40. The van der Waals surface area contributed by atoms with Crippen LogP contribution in [0.4, 0.5) is 22.7 Å². The van der Waals surface area contributed by atoms with Crippen molar-refractivity contribution in [1.29, 1.82) is 0 Å². The average molecular weight is 582 g/mol. The van der Waals surface area contributed by atoms with Gasteiger partial charge < -0.3 is 9.80 Å². The summed E-state index contributed by atoms with van der Waals surface area (Å²) >= 11 is 7.96. The Morgan fingerprint density at radius 3 is 2.00 bits per heavy atom. The fourth-order valence-electron chi connectivity index (χ4n) is 5.54. The summed E-state index contributed by atoms with van der Waals surface area (Å²) in [6, 6.07) is 30.8. The van der Waals surface area contributed by atoms with Gasteiger partial charge in [-0.25, -0.2) is 0 Å². The summed E-state index contributed by atoms with van der Waals surface area (Å²) in [5, 5.41) is 7.61. The molecule has 0 atom stereocenters. The summed E-state index contributed by atoms with van der Waals surface area (Å²) < 4.78 is 2.29. The molecule has 4 heteroatoms. The van der Waals surface area contributed by atoms with Crippen molar-refractivity contribution in [2.24, 2.45) is 0 Å². The zero-order chi connectivity index (χ0) is 23.5. The van der Waals surface area contributed by atoms with Gasteiger partial charge >= 0.3 is 0 Å². The molecule has 1 heterocycles. The highest BCUT2D eigenvalue weighted by molar-refractivity contribution is 9.11. The van der Waals surface area contributed by atoms with Crippen molar-refractivity contribution in [3.63, 3.8) is 0 Å². The summed E-state index contributed by atoms with van der Waals surface area (Å²) in [5.74, 6) is 0. The summed E-state index contributed by atoms with van der Waals surface area (Å²) in [6.07, 6.45) is 6.90. The molecule has 5 aromatic rings. The van der Waals surface area contributed by atoms with Crippen LogP contribution >= 0.6 is 31.9 Å². The van der Waals surface area contributed by atoms with Gasteiger partial charge in [-0.05, 0) is 95.6 Å². The molecule has 0 aromatic heterocycles. The van der Waals surface area contributed by atoms with Gasteiger partial charge in [0.1, 0.15) is 6.67 Å². The Kier molecular flexibility index (Phi) is 5.00. The number of rotatable bonds is 2. The molecule has 35 heavy (non-hydrogen) atoms. The molecule has 0 spiro atoms. The van der Waals surface area contributed by atoms with Gasteiger partial charge in [0.25, 0.3) is 0 Å². The van der Waals surface area contributed by atoms with E-state index in [0.29, 0.717) is 6.67 Å². The molecule has 7 rings (SSSR count). The largest absolute Gasteiger partial charge is 0.321 e. The number of anilines is 4. The van der Waals surface area contributed by atoms with Gasteiger partial charge in [0, 0.05) is 14.3 Å². The summed E-state index contributed by atoms with van der Waals surface area (Å²) in [4.78, 5) is 4.89. The number of hydrogen-bond acceptors (Lipinski definition) is 2. The lowest BCUT2D eigenvalue weighted by atomic mass is 10.0. The third-order valence-corrected chi connectivity index (χ3v) is 8.89. The first-order chi connectivity index (χ1) is 17.2. The van der Waals surface area contributed by atoms with Crippen molar-refractivity contribution in [3.8, 4) is 0 Å². The minimum absolute atomic E-state index is 0.716. The molecule has 0 bridgehead atoms. The number of fused-ring (bicyclic) bond motifs is 2. The fraction of sp³-hybridized carbons (Fsp3) is 0.0968. The van der Waals surface area contributed by atoms with E-state index in [4.69, 9.17) is 0 Å². The van der Waals surface area contributed by atoms with E-state index < -0.39 is 0 Å². The second kappa shape index (κ2) is 8.25. The van der Waals surface area contributed by atoms with Gasteiger partial charge in [-0.2, -0.15) is 0 Å². The monoisotopic (exact) mass is 580 g/mol. The second-order valence-electron chi connectivity index (χ2n) is 9.16. The lowest BCUT2D eigenvalue weighted by Crippen LogP contribution is -2.38. The van der Waals surface area contributed by atoms with Crippen molar-refractivity contribution in [2.75, 3.05) is 16.5 Å². The van der Waals surface area contributed by atoms with Crippen LogP contribution in [0.3, 0.4) is 0 Å². The maximum absolute atomic E-state index is 3.99. The molecule has 2 aliphatic rings. The molecule has 0 saturated heterocycles. The summed E-state index contributed by atoms with van der Waals surface area (Å²) in [5.41, 5.74) is 4.84. The van der Waals surface area contributed by atoms with E-state index in [1.165, 1.54) is 59.2 Å². The Balaban J connectivity index is 1.50. The third-order valence-electron chi connectivity index (χ3n) is 7.22. The van der Waals surface area contributed by atoms with Crippen molar-refractivity contribution < 1.29 is 0 Å². The van der Waals surface area contributed by atoms with Crippen LogP contribution in [0.5, 0.6) is 0 Å². The van der Waals surface area contributed by atoms with Gasteiger partial charge in [-0.1, -0.05) is 72.8 Å². The van der Waals surface area contributed by atoms with E-state index >= 15 is 0 Å². The minimum atomic E-state index is 0.716. The molecule has 0 fully saturated rings. The number of benzene rings is 5. The van der Waals surface area contributed by atoms with E-state index in [1.807, 2.05) is 0 Å². The van der Waals surface area contributed by atoms with Crippen LogP contribution in [0.25, 0.3) is 33.7 Å². The molecule has 170 valence electrons. The van der Waals surface area contributed by atoms with Crippen LogP contribution < -0.4 is 20.2 Å². The Morgan fingerprint density at radius 1 is 0.543 bits per heavy atom. The second-order valence-corrected chi connectivity index (χ2v) is 10.7. The Bertz CT molecular complexity index is 1770. The topological polar surface area (TPSA) is 6.48 Å². The molecule has 2 nitrogen and oxygen atoms in total. The van der Waals surface area contributed by atoms with Crippen LogP contribution in [0, 0.1) is 0 Å². The number of nitrogens with zero attached hydrogens (tertiary/aromatic N) is 2. The van der Waals surface area contributed by atoms with Crippen molar-refractivity contribution in [3.05, 3.63) is 104 Å². The van der Waals surface area contributed by atoms with Crippen LogP contribution in [0.1, 0.15) is 12.8 Å². The van der Waals surface area contributed by atoms with Gasteiger partial charge in [0.15, 0.2) is 0 Å². The first-order valence-corrected chi connectivity index (χ1v) is 13.5. The number of halogens is 2. The van der Waals surface area contributed by atoms with Gasteiger partial charge in [0.05, 0.1) is 22.7 Å². The Morgan fingerprint density at radius 2 is 1.20 bits per heavy atom. The SMILES string of the molecule is Brc1c(N2CN(c3ccc4ccccc4c3Br)c3cccc4cccc2c34)ccc2c1=CCCC=2. The highest BCUT2D eigenvalue weighted by Crippen LogP contribution is 2.48. The molecule has 0 radical (unpaired) electrons. The van der Waals surface area contributed by atoms with Crippen LogP contribution in [0.2, 0.25) is 0 Å². The van der Waals surface area contributed by atoms with Crippen LogP contribution in [-0.2, 0) is 0 Å². The molecular formula is C31H22Br2N2. The zero-order valence-corrected chi connectivity index (χ0v) is 22.2. The minimum Gasteiger partial charge on any atom is -0.321 e. The fourth-order valence-corrected chi connectivity index (χ4v) is 6.99. The highest BCUT2D eigenvalue weighted by atomic mass is 79.9. The first-order valence-electron chi connectivity index (χ1n) is 11.9. The Labute approximate surface area is 221 Å². The summed E-state index contributed by atoms with van der Waals surface area (Å²) in [6.45, 7) is 0.716. The van der Waals surface area contributed by atoms with E-state index in [1.54, 1.807) is 0 Å². The highest BCUT2D eigenvalue weighted by Gasteiger charge is 2.28. The number of hydrogen-bond donors (Lipinski definition) is 0. The van der Waals surface area contributed by atoms with Crippen molar-refractivity contribution >= 4 is 88.3 Å². The summed E-state index contributed by atoms with van der Waals surface area (Å²) in [7, 11) is 0. The maximum atomic E-state index is 3.99. The van der Waals surface area contributed by atoms with E-state index in [9.17, 15) is 0 Å². The van der Waals surface area contributed by atoms with Gasteiger partial charge in [-0.15, -0.1) is 0 Å². The normalized spacial score (nSPS) is 14.6. The third kappa shape index (κ3) is 3.27. The predicted octanol–water partition coefficient (Wildman–Crippen LogP) is 8.12. The lowest BCUT2D eigenvalue weighted by molar-refractivity contribution is 0.912. The smallest absolute Gasteiger partial charge is 0.100 e. The average Bonchev–Trinajstić information content (AvgIpc) is 2.91. The van der Waals surface area contributed by atoms with E-state index in [-0.39, 0.29) is 0 Å². The predicted molar refractivity (Wildman–Crippen MR) is 156 cm³/mol. The van der Waals surface area contributed by atoms with Gasteiger partial charge in [0.2, 0.25) is 0 Å². The van der Waals surface area contributed by atoms with E-state index in [2.05, 4.69) is 139 Å².